The summed E-state index contributed by atoms with van der Waals surface area (Å²) in [4.78, 5) is 39.5. The molecule has 3 aromatic rings. The van der Waals surface area contributed by atoms with E-state index in [1.807, 2.05) is 13.8 Å². The first-order valence-corrected chi connectivity index (χ1v) is 15.4. The predicted octanol–water partition coefficient (Wildman–Crippen LogP) is 5.82. The second-order valence-corrected chi connectivity index (χ2v) is 12.2. The van der Waals surface area contributed by atoms with Crippen molar-refractivity contribution in [2.75, 3.05) is 10.8 Å². The number of halogens is 2. The highest BCUT2D eigenvalue weighted by Gasteiger charge is 2.35. The average Bonchev–Trinajstić information content (AvgIpc) is 2.97. The van der Waals surface area contributed by atoms with Gasteiger partial charge in [0.25, 0.3) is 15.7 Å². The van der Waals surface area contributed by atoms with E-state index in [2.05, 4.69) is 5.32 Å². The Bertz CT molecular complexity index is 1520. The van der Waals surface area contributed by atoms with Crippen molar-refractivity contribution in [3.05, 3.63) is 98.5 Å². The molecule has 0 heterocycles. The van der Waals surface area contributed by atoms with Crippen LogP contribution in [0.2, 0.25) is 10.0 Å². The van der Waals surface area contributed by atoms with Gasteiger partial charge in [-0.3, -0.25) is 24.0 Å². The summed E-state index contributed by atoms with van der Waals surface area (Å²) in [5.41, 5.74) is -0.0571. The third-order valence-corrected chi connectivity index (χ3v) is 9.21. The third-order valence-electron chi connectivity index (χ3n) is 6.72. The van der Waals surface area contributed by atoms with Crippen molar-refractivity contribution in [1.29, 1.82) is 0 Å². The number of hydrogen-bond acceptors (Lipinski definition) is 6. The van der Waals surface area contributed by atoms with E-state index in [4.69, 9.17) is 23.2 Å². The Morgan fingerprint density at radius 1 is 0.952 bits per heavy atom. The Kier molecular flexibility index (Phi) is 11.3. The number of rotatable bonds is 13. The fourth-order valence-corrected chi connectivity index (χ4v) is 6.17. The summed E-state index contributed by atoms with van der Waals surface area (Å²) in [6, 6.07) is 16.1. The standard InChI is InChI=1S/C29H32Cl2N4O6S/c1-4-20(3)32-29(37)27(5-2)33(18-24-25(30)15-10-16-26(24)31)28(36)19-34(21-11-9-12-22(17-21)35(38)39)42(40,41)23-13-7-6-8-14-23/h6-17,20,27H,4-5,18-19H2,1-3H3,(H,32,37)/t20-,27-/m1/s1. The largest absolute Gasteiger partial charge is 0.352 e. The topological polar surface area (TPSA) is 130 Å². The molecule has 2 amide bonds. The van der Waals surface area contributed by atoms with Crippen molar-refractivity contribution in [2.45, 2.75) is 57.1 Å². The lowest BCUT2D eigenvalue weighted by Crippen LogP contribution is -2.53. The summed E-state index contributed by atoms with van der Waals surface area (Å²) in [6.45, 7) is 4.53. The van der Waals surface area contributed by atoms with E-state index in [0.717, 1.165) is 10.4 Å². The molecule has 0 aliphatic carbocycles. The zero-order chi connectivity index (χ0) is 31.0. The number of nitro groups is 1. The van der Waals surface area contributed by atoms with Gasteiger partial charge >= 0.3 is 0 Å². The van der Waals surface area contributed by atoms with Crippen LogP contribution in [0.3, 0.4) is 0 Å². The monoisotopic (exact) mass is 634 g/mol. The molecule has 0 saturated heterocycles. The van der Waals surface area contributed by atoms with E-state index in [9.17, 15) is 28.1 Å². The number of amides is 2. The van der Waals surface area contributed by atoms with Gasteiger partial charge in [-0.15, -0.1) is 0 Å². The van der Waals surface area contributed by atoms with Crippen molar-refractivity contribution in [3.63, 3.8) is 0 Å². The number of nitro benzene ring substituents is 1. The molecular weight excluding hydrogens is 603 g/mol. The molecule has 224 valence electrons. The lowest BCUT2D eigenvalue weighted by Gasteiger charge is -2.34. The Balaban J connectivity index is 2.13. The Morgan fingerprint density at radius 2 is 1.57 bits per heavy atom. The molecule has 2 atom stereocenters. The maximum Gasteiger partial charge on any atom is 0.271 e. The zero-order valence-electron chi connectivity index (χ0n) is 23.4. The number of sulfonamides is 1. The second kappa shape index (κ2) is 14.5. The first-order chi connectivity index (χ1) is 19.9. The summed E-state index contributed by atoms with van der Waals surface area (Å²) in [7, 11) is -4.38. The lowest BCUT2D eigenvalue weighted by atomic mass is 10.1. The molecule has 0 saturated carbocycles. The molecular formula is C29H32Cl2N4O6S. The predicted molar refractivity (Wildman–Crippen MR) is 163 cm³/mol. The summed E-state index contributed by atoms with van der Waals surface area (Å²) >= 11 is 12.8. The molecule has 0 unspecified atom stereocenters. The van der Waals surface area contributed by atoms with Crippen LogP contribution < -0.4 is 9.62 Å². The third kappa shape index (κ3) is 7.78. The SMILES string of the molecule is CC[C@@H](C)NC(=O)[C@@H](CC)N(Cc1c(Cl)cccc1Cl)C(=O)CN(c1cccc([N+](=O)[O-])c1)S(=O)(=O)c1ccccc1. The van der Waals surface area contributed by atoms with Crippen LogP contribution in [0, 0.1) is 10.1 Å². The highest BCUT2D eigenvalue weighted by Crippen LogP contribution is 2.30. The van der Waals surface area contributed by atoms with E-state index < -0.39 is 39.3 Å². The highest BCUT2D eigenvalue weighted by molar-refractivity contribution is 7.92. The van der Waals surface area contributed by atoms with Gasteiger partial charge in [0.05, 0.1) is 15.5 Å². The van der Waals surface area contributed by atoms with E-state index >= 15 is 0 Å². The van der Waals surface area contributed by atoms with Crippen LogP contribution in [-0.2, 0) is 26.2 Å². The number of nitrogens with one attached hydrogen (secondary N) is 1. The second-order valence-electron chi connectivity index (χ2n) is 9.57. The fraction of sp³-hybridized carbons (Fsp3) is 0.310. The van der Waals surface area contributed by atoms with Gasteiger partial charge in [-0.25, -0.2) is 8.42 Å². The van der Waals surface area contributed by atoms with Crippen LogP contribution in [0.1, 0.15) is 39.2 Å². The van der Waals surface area contributed by atoms with E-state index in [0.29, 0.717) is 12.0 Å². The van der Waals surface area contributed by atoms with Crippen molar-refractivity contribution in [3.8, 4) is 0 Å². The number of nitrogens with zero attached hydrogens (tertiary/aromatic N) is 3. The van der Waals surface area contributed by atoms with Gasteiger partial charge in [0, 0.05) is 40.3 Å². The molecule has 10 nitrogen and oxygen atoms in total. The van der Waals surface area contributed by atoms with Crippen LogP contribution in [0.15, 0.2) is 77.7 Å². The summed E-state index contributed by atoms with van der Waals surface area (Å²) in [5, 5.41) is 14.9. The Labute approximate surface area is 255 Å². The molecule has 3 rings (SSSR count). The van der Waals surface area contributed by atoms with Crippen molar-refractivity contribution in [1.82, 2.24) is 10.2 Å². The van der Waals surface area contributed by atoms with Gasteiger partial charge in [-0.2, -0.15) is 0 Å². The summed E-state index contributed by atoms with van der Waals surface area (Å²) in [6.07, 6.45) is 0.862. The minimum Gasteiger partial charge on any atom is -0.352 e. The van der Waals surface area contributed by atoms with Crippen LogP contribution in [0.5, 0.6) is 0 Å². The zero-order valence-corrected chi connectivity index (χ0v) is 25.7. The van der Waals surface area contributed by atoms with Gasteiger partial charge in [-0.1, -0.05) is 67.4 Å². The normalized spacial score (nSPS) is 12.7. The molecule has 13 heteroatoms. The highest BCUT2D eigenvalue weighted by atomic mass is 35.5. The van der Waals surface area contributed by atoms with Gasteiger partial charge in [0.15, 0.2) is 0 Å². The quantitative estimate of drug-likeness (QED) is 0.186. The number of non-ortho nitro benzene ring substituents is 1. The molecule has 42 heavy (non-hydrogen) atoms. The molecule has 0 bridgehead atoms. The van der Waals surface area contributed by atoms with E-state index in [1.54, 1.807) is 31.2 Å². The Morgan fingerprint density at radius 3 is 2.14 bits per heavy atom. The molecule has 0 radical (unpaired) electrons. The van der Waals surface area contributed by atoms with Crippen molar-refractivity contribution in [2.24, 2.45) is 0 Å². The maximum atomic E-state index is 14.1. The smallest absolute Gasteiger partial charge is 0.271 e. The van der Waals surface area contributed by atoms with Gasteiger partial charge < -0.3 is 10.2 Å². The minimum absolute atomic E-state index is 0.0887. The summed E-state index contributed by atoms with van der Waals surface area (Å²) < 4.78 is 28.5. The van der Waals surface area contributed by atoms with E-state index in [-0.39, 0.29) is 45.3 Å². The molecule has 1 N–H and O–H groups in total. The average molecular weight is 636 g/mol. The number of carbonyl (C=O) groups excluding carboxylic acids is 2. The van der Waals surface area contributed by atoms with Crippen LogP contribution in [-0.4, -0.2) is 48.7 Å². The number of benzene rings is 3. The molecule has 0 aliphatic rings. The number of carbonyl (C=O) groups is 2. The van der Waals surface area contributed by atoms with Gasteiger partial charge in [0.1, 0.15) is 12.6 Å². The van der Waals surface area contributed by atoms with Crippen molar-refractivity contribution < 1.29 is 22.9 Å². The van der Waals surface area contributed by atoms with Crippen LogP contribution in [0.25, 0.3) is 0 Å². The lowest BCUT2D eigenvalue weighted by molar-refractivity contribution is -0.384. The molecule has 0 aromatic heterocycles. The fourth-order valence-electron chi connectivity index (χ4n) is 4.22. The summed E-state index contributed by atoms with van der Waals surface area (Å²) in [5.74, 6) is -1.15. The van der Waals surface area contributed by atoms with Crippen molar-refractivity contribution >= 4 is 56.4 Å². The molecule has 0 aliphatic heterocycles. The number of anilines is 1. The molecule has 0 fully saturated rings. The van der Waals surface area contributed by atoms with E-state index in [1.165, 1.54) is 47.4 Å². The van der Waals surface area contributed by atoms with Gasteiger partial charge in [0.2, 0.25) is 11.8 Å². The minimum atomic E-state index is -4.38. The first kappa shape index (κ1) is 32.8. The van der Waals surface area contributed by atoms with Gasteiger partial charge in [-0.05, 0) is 50.1 Å². The number of hydrogen-bond donors (Lipinski definition) is 1. The maximum absolute atomic E-state index is 14.1. The van der Waals surface area contributed by atoms with Crippen LogP contribution >= 0.6 is 23.2 Å². The first-order valence-electron chi connectivity index (χ1n) is 13.3. The molecule has 0 spiro atoms. The van der Waals surface area contributed by atoms with Crippen LogP contribution in [0.4, 0.5) is 11.4 Å². The molecule has 3 aromatic carbocycles. The Hall–Kier alpha value is -3.67.